The van der Waals surface area contributed by atoms with Crippen molar-refractivity contribution in [3.8, 4) is 0 Å². The van der Waals surface area contributed by atoms with Crippen LogP contribution in [0, 0.1) is 5.92 Å². The molecule has 1 atom stereocenters. The van der Waals surface area contributed by atoms with Crippen LogP contribution in [0.5, 0.6) is 0 Å². The van der Waals surface area contributed by atoms with Crippen molar-refractivity contribution >= 4 is 15.9 Å². The first kappa shape index (κ1) is 10.2. The number of hydrogen-bond acceptors (Lipinski definition) is 2. The molecule has 3 heteroatoms. The molecule has 1 aromatic rings. The van der Waals surface area contributed by atoms with Gasteiger partial charge in [-0.3, -0.25) is 0 Å². The topological polar surface area (TPSA) is 25.2 Å². The zero-order chi connectivity index (χ0) is 9.97. The quantitative estimate of drug-likeness (QED) is 0.894. The Morgan fingerprint density at radius 2 is 2.43 bits per heavy atom. The van der Waals surface area contributed by atoms with Gasteiger partial charge in [0.2, 0.25) is 0 Å². The lowest BCUT2D eigenvalue weighted by atomic mass is 9.85. The van der Waals surface area contributed by atoms with Crippen molar-refractivity contribution in [3.63, 3.8) is 0 Å². The lowest BCUT2D eigenvalue weighted by Gasteiger charge is -2.26. The zero-order valence-electron chi connectivity index (χ0n) is 8.42. The van der Waals surface area contributed by atoms with Crippen molar-refractivity contribution in [2.75, 3.05) is 6.54 Å². The summed E-state index contributed by atoms with van der Waals surface area (Å²) in [5.74, 6) is 1.90. The summed E-state index contributed by atoms with van der Waals surface area (Å²) in [5, 5.41) is 3.50. The van der Waals surface area contributed by atoms with Crippen LogP contribution >= 0.6 is 15.9 Å². The average molecular weight is 258 g/mol. The molecule has 1 heterocycles. The Kier molecular flexibility index (Phi) is 3.29. The van der Waals surface area contributed by atoms with Gasteiger partial charge in [0, 0.05) is 0 Å². The van der Waals surface area contributed by atoms with Crippen molar-refractivity contribution in [1.82, 2.24) is 5.32 Å². The summed E-state index contributed by atoms with van der Waals surface area (Å²) in [6, 6.07) is 2.25. The van der Waals surface area contributed by atoms with Gasteiger partial charge in [-0.1, -0.05) is 6.42 Å². The third kappa shape index (κ3) is 2.20. The van der Waals surface area contributed by atoms with E-state index in [0.29, 0.717) is 6.04 Å². The van der Waals surface area contributed by atoms with Crippen molar-refractivity contribution in [1.29, 1.82) is 0 Å². The normalized spacial score (nSPS) is 19.3. The van der Waals surface area contributed by atoms with E-state index in [2.05, 4.69) is 28.2 Å². The minimum atomic E-state index is 0.306. The molecule has 1 unspecified atom stereocenters. The van der Waals surface area contributed by atoms with E-state index >= 15 is 0 Å². The molecule has 0 bridgehead atoms. The maximum atomic E-state index is 5.40. The largest absolute Gasteiger partial charge is 0.466 e. The minimum absolute atomic E-state index is 0.306. The highest BCUT2D eigenvalue weighted by Gasteiger charge is 2.19. The van der Waals surface area contributed by atoms with Crippen LogP contribution in [0.3, 0.4) is 0 Å². The SMILES string of the molecule is CC(NCC1CCC1)c1occc1Br. The van der Waals surface area contributed by atoms with Crippen LogP contribution < -0.4 is 5.32 Å². The van der Waals surface area contributed by atoms with E-state index < -0.39 is 0 Å². The lowest BCUT2D eigenvalue weighted by molar-refractivity contribution is 0.284. The van der Waals surface area contributed by atoms with Crippen molar-refractivity contribution in [2.45, 2.75) is 32.2 Å². The van der Waals surface area contributed by atoms with Crippen LogP contribution in [0.15, 0.2) is 21.2 Å². The first-order chi connectivity index (χ1) is 6.77. The molecule has 0 amide bonds. The van der Waals surface area contributed by atoms with E-state index in [-0.39, 0.29) is 0 Å². The molecule has 1 N–H and O–H groups in total. The Morgan fingerprint density at radius 3 is 2.93 bits per heavy atom. The molecule has 0 spiro atoms. The van der Waals surface area contributed by atoms with E-state index in [0.717, 1.165) is 22.7 Å². The molecule has 0 aliphatic heterocycles. The van der Waals surface area contributed by atoms with Crippen LogP contribution in [0.25, 0.3) is 0 Å². The molecular formula is C11H16BrNO. The fourth-order valence-corrected chi connectivity index (χ4v) is 2.29. The van der Waals surface area contributed by atoms with E-state index in [4.69, 9.17) is 4.42 Å². The van der Waals surface area contributed by atoms with Gasteiger partial charge in [-0.05, 0) is 54.2 Å². The van der Waals surface area contributed by atoms with Crippen molar-refractivity contribution in [2.24, 2.45) is 5.92 Å². The van der Waals surface area contributed by atoms with E-state index in [1.165, 1.54) is 19.3 Å². The first-order valence-corrected chi connectivity index (χ1v) is 6.03. The highest BCUT2D eigenvalue weighted by atomic mass is 79.9. The van der Waals surface area contributed by atoms with Gasteiger partial charge in [-0.25, -0.2) is 0 Å². The zero-order valence-corrected chi connectivity index (χ0v) is 10.0. The number of hydrogen-bond donors (Lipinski definition) is 1. The standard InChI is InChI=1S/C11H16BrNO/c1-8(11-10(12)5-6-14-11)13-7-9-3-2-4-9/h5-6,8-9,13H,2-4,7H2,1H3. The average Bonchev–Trinajstić information content (AvgIpc) is 2.48. The van der Waals surface area contributed by atoms with Crippen LogP contribution in [-0.4, -0.2) is 6.54 Å². The van der Waals surface area contributed by atoms with Crippen LogP contribution in [-0.2, 0) is 0 Å². The third-order valence-electron chi connectivity index (χ3n) is 2.98. The van der Waals surface area contributed by atoms with E-state index in [1.807, 2.05) is 6.07 Å². The van der Waals surface area contributed by atoms with Gasteiger partial charge < -0.3 is 9.73 Å². The van der Waals surface area contributed by atoms with Gasteiger partial charge in [0.05, 0.1) is 16.8 Å². The second-order valence-corrected chi connectivity index (χ2v) is 4.91. The summed E-state index contributed by atoms with van der Waals surface area (Å²) in [5.41, 5.74) is 0. The fourth-order valence-electron chi connectivity index (χ4n) is 1.75. The molecule has 1 fully saturated rings. The summed E-state index contributed by atoms with van der Waals surface area (Å²) < 4.78 is 6.46. The molecular weight excluding hydrogens is 242 g/mol. The van der Waals surface area contributed by atoms with Crippen molar-refractivity contribution in [3.05, 3.63) is 22.6 Å². The Bertz CT molecular complexity index is 293. The Labute approximate surface area is 93.2 Å². The highest BCUT2D eigenvalue weighted by Crippen LogP contribution is 2.28. The summed E-state index contributed by atoms with van der Waals surface area (Å²) in [6.45, 7) is 3.26. The monoisotopic (exact) mass is 257 g/mol. The van der Waals surface area contributed by atoms with Gasteiger partial charge in [0.1, 0.15) is 5.76 Å². The molecule has 0 aromatic carbocycles. The number of rotatable bonds is 4. The number of furan rings is 1. The predicted octanol–water partition coefficient (Wildman–Crippen LogP) is 3.49. The van der Waals surface area contributed by atoms with Crippen molar-refractivity contribution < 1.29 is 4.42 Å². The Balaban J connectivity index is 1.82. The molecule has 2 nitrogen and oxygen atoms in total. The molecule has 2 rings (SSSR count). The molecule has 0 saturated heterocycles. The molecule has 78 valence electrons. The predicted molar refractivity (Wildman–Crippen MR) is 60.2 cm³/mol. The molecule has 0 radical (unpaired) electrons. The van der Waals surface area contributed by atoms with Crippen LogP contribution in [0.4, 0.5) is 0 Å². The minimum Gasteiger partial charge on any atom is -0.466 e. The fraction of sp³-hybridized carbons (Fsp3) is 0.636. The van der Waals surface area contributed by atoms with Gasteiger partial charge in [0.25, 0.3) is 0 Å². The third-order valence-corrected chi connectivity index (χ3v) is 3.63. The molecule has 14 heavy (non-hydrogen) atoms. The summed E-state index contributed by atoms with van der Waals surface area (Å²) >= 11 is 3.47. The number of nitrogens with one attached hydrogen (secondary N) is 1. The molecule has 1 saturated carbocycles. The maximum absolute atomic E-state index is 5.40. The second kappa shape index (κ2) is 4.49. The van der Waals surface area contributed by atoms with E-state index in [9.17, 15) is 0 Å². The highest BCUT2D eigenvalue weighted by molar-refractivity contribution is 9.10. The van der Waals surface area contributed by atoms with Crippen LogP contribution in [0.2, 0.25) is 0 Å². The maximum Gasteiger partial charge on any atom is 0.134 e. The Hall–Kier alpha value is -0.280. The number of halogens is 1. The second-order valence-electron chi connectivity index (χ2n) is 4.06. The van der Waals surface area contributed by atoms with E-state index in [1.54, 1.807) is 6.26 Å². The molecule has 1 aromatic heterocycles. The molecule has 1 aliphatic carbocycles. The van der Waals surface area contributed by atoms with Gasteiger partial charge in [-0.15, -0.1) is 0 Å². The summed E-state index contributed by atoms with van der Waals surface area (Å²) in [4.78, 5) is 0. The van der Waals surface area contributed by atoms with Gasteiger partial charge in [0.15, 0.2) is 0 Å². The first-order valence-electron chi connectivity index (χ1n) is 5.23. The van der Waals surface area contributed by atoms with Crippen LogP contribution in [0.1, 0.15) is 38.0 Å². The van der Waals surface area contributed by atoms with Gasteiger partial charge >= 0.3 is 0 Å². The summed E-state index contributed by atoms with van der Waals surface area (Å²) in [7, 11) is 0. The Morgan fingerprint density at radius 1 is 1.64 bits per heavy atom. The lowest BCUT2D eigenvalue weighted by Crippen LogP contribution is -2.29. The molecule has 1 aliphatic rings. The van der Waals surface area contributed by atoms with Gasteiger partial charge in [-0.2, -0.15) is 0 Å². The summed E-state index contributed by atoms with van der Waals surface area (Å²) in [6.07, 6.45) is 5.91. The smallest absolute Gasteiger partial charge is 0.134 e.